The second kappa shape index (κ2) is 6.40. The summed E-state index contributed by atoms with van der Waals surface area (Å²) in [6.45, 7) is 1.89. The predicted octanol–water partition coefficient (Wildman–Crippen LogP) is 2.41. The number of carboxylic acid groups (broad SMARTS) is 1. The largest absolute Gasteiger partial charge is 0.496 e. The molecule has 0 radical (unpaired) electrons. The molecule has 0 fully saturated rings. The molecule has 0 aliphatic carbocycles. The van der Waals surface area contributed by atoms with Crippen molar-refractivity contribution in [1.29, 1.82) is 0 Å². The first kappa shape index (κ1) is 14.5. The number of benzene rings is 1. The van der Waals surface area contributed by atoms with Gasteiger partial charge in [-0.25, -0.2) is 0 Å². The molecule has 1 aromatic carbocycles. The van der Waals surface area contributed by atoms with E-state index >= 15 is 0 Å². The highest BCUT2D eigenvalue weighted by Gasteiger charge is 2.31. The minimum absolute atomic E-state index is 0.191. The summed E-state index contributed by atoms with van der Waals surface area (Å²) in [6, 6.07) is 7.39. The Kier molecular flexibility index (Phi) is 5.16. The molecule has 4 heteroatoms. The van der Waals surface area contributed by atoms with Gasteiger partial charge in [0.2, 0.25) is 0 Å². The van der Waals surface area contributed by atoms with Crippen LogP contribution in [0.4, 0.5) is 0 Å². The second-order valence-corrected chi connectivity index (χ2v) is 4.50. The predicted molar refractivity (Wildman–Crippen MR) is 70.8 cm³/mol. The Morgan fingerprint density at radius 1 is 1.39 bits per heavy atom. The van der Waals surface area contributed by atoms with Gasteiger partial charge in [-0.05, 0) is 26.6 Å². The number of aliphatic carboxylic acids is 1. The van der Waals surface area contributed by atoms with E-state index in [4.69, 9.17) is 4.74 Å². The quantitative estimate of drug-likeness (QED) is 0.843. The highest BCUT2D eigenvalue weighted by atomic mass is 16.5. The van der Waals surface area contributed by atoms with Gasteiger partial charge in [0.25, 0.3) is 0 Å². The molecule has 0 amide bonds. The van der Waals surface area contributed by atoms with Crippen LogP contribution in [0.15, 0.2) is 24.3 Å². The summed E-state index contributed by atoms with van der Waals surface area (Å²) in [7, 11) is 5.39. The van der Waals surface area contributed by atoms with Gasteiger partial charge in [0.15, 0.2) is 0 Å². The summed E-state index contributed by atoms with van der Waals surface area (Å²) in [5.41, 5.74) is 0.916. The lowest BCUT2D eigenvalue weighted by atomic mass is 9.89. The lowest BCUT2D eigenvalue weighted by molar-refractivity contribution is -0.144. The van der Waals surface area contributed by atoms with Crippen molar-refractivity contribution in [1.82, 2.24) is 4.90 Å². The third-order valence-corrected chi connectivity index (χ3v) is 3.15. The Hall–Kier alpha value is -1.55. The number of ether oxygens (including phenoxy) is 1. The van der Waals surface area contributed by atoms with Crippen LogP contribution in [0.3, 0.4) is 0 Å². The van der Waals surface area contributed by atoms with Crippen LogP contribution in [0.1, 0.15) is 24.9 Å². The molecule has 0 saturated heterocycles. The Balaban J connectivity index is 3.23. The lowest BCUT2D eigenvalue weighted by Gasteiger charge is -2.30. The maximum atomic E-state index is 11.4. The van der Waals surface area contributed by atoms with Crippen molar-refractivity contribution in [2.45, 2.75) is 19.4 Å². The van der Waals surface area contributed by atoms with Crippen LogP contribution >= 0.6 is 0 Å². The zero-order valence-corrected chi connectivity index (χ0v) is 11.4. The highest BCUT2D eigenvalue weighted by Crippen LogP contribution is 2.35. The molecule has 4 nitrogen and oxygen atoms in total. The zero-order chi connectivity index (χ0) is 13.7. The Morgan fingerprint density at radius 3 is 2.44 bits per heavy atom. The molecular formula is C14H21NO3. The van der Waals surface area contributed by atoms with E-state index in [1.165, 1.54) is 0 Å². The molecule has 2 unspecified atom stereocenters. The summed E-state index contributed by atoms with van der Waals surface area (Å²) < 4.78 is 5.33. The van der Waals surface area contributed by atoms with E-state index in [1.54, 1.807) is 7.11 Å². The van der Waals surface area contributed by atoms with Crippen molar-refractivity contribution < 1.29 is 14.6 Å². The number of nitrogens with zero attached hydrogens (tertiary/aromatic N) is 1. The van der Waals surface area contributed by atoms with Crippen molar-refractivity contribution in [3.63, 3.8) is 0 Å². The van der Waals surface area contributed by atoms with Crippen LogP contribution in [0.2, 0.25) is 0 Å². The summed E-state index contributed by atoms with van der Waals surface area (Å²) in [5.74, 6) is -0.491. The van der Waals surface area contributed by atoms with Gasteiger partial charge < -0.3 is 14.7 Å². The standard InChI is InChI=1S/C14H21NO3/c1-5-10(14(16)17)13(15(2)3)11-8-6-7-9-12(11)18-4/h6-10,13H,5H2,1-4H3,(H,16,17). The summed E-state index contributed by atoms with van der Waals surface area (Å²) in [6.07, 6.45) is 0.580. The van der Waals surface area contributed by atoms with Gasteiger partial charge in [0.05, 0.1) is 19.1 Å². The van der Waals surface area contributed by atoms with E-state index in [-0.39, 0.29) is 6.04 Å². The van der Waals surface area contributed by atoms with Gasteiger partial charge in [-0.2, -0.15) is 0 Å². The number of hydrogen-bond acceptors (Lipinski definition) is 3. The molecule has 2 atom stereocenters. The van der Waals surface area contributed by atoms with Crippen molar-refractivity contribution in [2.75, 3.05) is 21.2 Å². The summed E-state index contributed by atoms with van der Waals surface area (Å²) in [5, 5.41) is 9.35. The molecule has 0 aliphatic rings. The van der Waals surface area contributed by atoms with Gasteiger partial charge in [0, 0.05) is 5.56 Å². The SMILES string of the molecule is CCC(C(=O)O)C(c1ccccc1OC)N(C)C. The van der Waals surface area contributed by atoms with Gasteiger partial charge in [-0.15, -0.1) is 0 Å². The molecule has 0 aliphatic heterocycles. The number of rotatable bonds is 6. The van der Waals surface area contributed by atoms with E-state index in [1.807, 2.05) is 50.2 Å². The molecule has 1 N–H and O–H groups in total. The zero-order valence-electron chi connectivity index (χ0n) is 11.4. The van der Waals surface area contributed by atoms with Crippen molar-refractivity contribution >= 4 is 5.97 Å². The maximum absolute atomic E-state index is 11.4. The molecule has 0 spiro atoms. The minimum Gasteiger partial charge on any atom is -0.496 e. The third kappa shape index (κ3) is 3.01. The van der Waals surface area contributed by atoms with Gasteiger partial charge in [-0.1, -0.05) is 25.1 Å². The number of methoxy groups -OCH3 is 1. The Morgan fingerprint density at radius 2 is 2.00 bits per heavy atom. The molecule has 0 bridgehead atoms. The number of carbonyl (C=O) groups is 1. The first-order valence-corrected chi connectivity index (χ1v) is 6.05. The third-order valence-electron chi connectivity index (χ3n) is 3.15. The van der Waals surface area contributed by atoms with Crippen molar-refractivity contribution in [3.05, 3.63) is 29.8 Å². The highest BCUT2D eigenvalue weighted by molar-refractivity contribution is 5.71. The van der Waals surface area contributed by atoms with E-state index in [0.29, 0.717) is 6.42 Å². The van der Waals surface area contributed by atoms with Gasteiger partial charge >= 0.3 is 5.97 Å². The van der Waals surface area contributed by atoms with Gasteiger partial charge in [-0.3, -0.25) is 4.79 Å². The average Bonchev–Trinajstić information content (AvgIpc) is 2.34. The van der Waals surface area contributed by atoms with E-state index in [9.17, 15) is 9.90 Å². The van der Waals surface area contributed by atoms with Crippen molar-refractivity contribution in [3.8, 4) is 5.75 Å². The fourth-order valence-corrected chi connectivity index (χ4v) is 2.30. The minimum atomic E-state index is -0.776. The molecule has 0 saturated carbocycles. The molecule has 0 aromatic heterocycles. The smallest absolute Gasteiger partial charge is 0.308 e. The molecule has 1 rings (SSSR count). The fourth-order valence-electron chi connectivity index (χ4n) is 2.30. The van der Waals surface area contributed by atoms with E-state index in [0.717, 1.165) is 11.3 Å². The van der Waals surface area contributed by atoms with Crippen LogP contribution in [0.5, 0.6) is 5.75 Å². The normalized spacial score (nSPS) is 14.3. The molecule has 0 heterocycles. The fraction of sp³-hybridized carbons (Fsp3) is 0.500. The summed E-state index contributed by atoms with van der Waals surface area (Å²) in [4.78, 5) is 13.3. The molecule has 1 aromatic rings. The van der Waals surface area contributed by atoms with Crippen LogP contribution in [-0.4, -0.2) is 37.2 Å². The van der Waals surface area contributed by atoms with Crippen LogP contribution < -0.4 is 4.74 Å². The first-order chi connectivity index (χ1) is 8.52. The van der Waals surface area contributed by atoms with Crippen LogP contribution in [-0.2, 0) is 4.79 Å². The van der Waals surface area contributed by atoms with E-state index in [2.05, 4.69) is 0 Å². The number of hydrogen-bond donors (Lipinski definition) is 1. The summed E-state index contributed by atoms with van der Waals surface area (Å²) >= 11 is 0. The molecular weight excluding hydrogens is 230 g/mol. The molecule has 100 valence electrons. The number of para-hydroxylation sites is 1. The molecule has 18 heavy (non-hydrogen) atoms. The van der Waals surface area contributed by atoms with E-state index < -0.39 is 11.9 Å². The lowest BCUT2D eigenvalue weighted by Crippen LogP contribution is -2.32. The average molecular weight is 251 g/mol. The van der Waals surface area contributed by atoms with Gasteiger partial charge in [0.1, 0.15) is 5.75 Å². The Labute approximate surface area is 108 Å². The Bertz CT molecular complexity index is 404. The monoisotopic (exact) mass is 251 g/mol. The van der Waals surface area contributed by atoms with Crippen molar-refractivity contribution in [2.24, 2.45) is 5.92 Å². The van der Waals surface area contributed by atoms with Crippen LogP contribution in [0.25, 0.3) is 0 Å². The van der Waals surface area contributed by atoms with Crippen LogP contribution in [0, 0.1) is 5.92 Å². The number of carboxylic acids is 1. The second-order valence-electron chi connectivity index (χ2n) is 4.50. The first-order valence-electron chi connectivity index (χ1n) is 6.05. The maximum Gasteiger partial charge on any atom is 0.308 e. The topological polar surface area (TPSA) is 49.8 Å².